The molecule has 1 saturated heterocycles. The van der Waals surface area contributed by atoms with Crippen molar-refractivity contribution in [1.29, 1.82) is 0 Å². The van der Waals surface area contributed by atoms with Gasteiger partial charge in [0.2, 0.25) is 10.0 Å². The van der Waals surface area contributed by atoms with Crippen LogP contribution in [0.1, 0.15) is 16.1 Å². The van der Waals surface area contributed by atoms with E-state index in [1.165, 1.54) is 27.8 Å². The van der Waals surface area contributed by atoms with Crippen molar-refractivity contribution in [3.8, 4) is 0 Å². The van der Waals surface area contributed by atoms with Gasteiger partial charge in [0, 0.05) is 24.8 Å². The molecule has 174 valence electrons. The van der Waals surface area contributed by atoms with Crippen molar-refractivity contribution in [3.63, 3.8) is 0 Å². The van der Waals surface area contributed by atoms with E-state index < -0.39 is 10.0 Å². The average Bonchev–Trinajstić information content (AvgIpc) is 3.32. The van der Waals surface area contributed by atoms with Crippen molar-refractivity contribution in [1.82, 2.24) is 14.3 Å². The summed E-state index contributed by atoms with van der Waals surface area (Å²) in [6.07, 6.45) is 1.68. The van der Waals surface area contributed by atoms with Gasteiger partial charge < -0.3 is 4.74 Å². The maximum atomic E-state index is 13.6. The molecule has 1 fully saturated rings. The number of pyridine rings is 1. The lowest BCUT2D eigenvalue weighted by atomic mass is 10.2. The summed E-state index contributed by atoms with van der Waals surface area (Å²) in [5.41, 5.74) is 1.91. The predicted octanol–water partition coefficient (Wildman–Crippen LogP) is 3.56. The minimum atomic E-state index is -3.63. The van der Waals surface area contributed by atoms with Crippen LogP contribution in [-0.2, 0) is 21.3 Å². The van der Waals surface area contributed by atoms with E-state index in [0.29, 0.717) is 37.0 Å². The summed E-state index contributed by atoms with van der Waals surface area (Å²) in [6.45, 7) is 1.63. The number of anilines is 1. The van der Waals surface area contributed by atoms with Crippen LogP contribution in [-0.4, -0.2) is 54.9 Å². The number of carbonyl (C=O) groups is 1. The van der Waals surface area contributed by atoms with Crippen molar-refractivity contribution >= 4 is 42.6 Å². The number of ether oxygens (including phenoxy) is 1. The smallest absolute Gasteiger partial charge is 0.260 e. The fraction of sp³-hybridized carbons (Fsp3) is 0.208. The normalized spacial score (nSPS) is 14.8. The predicted molar refractivity (Wildman–Crippen MR) is 130 cm³/mol. The van der Waals surface area contributed by atoms with Crippen LogP contribution in [0.5, 0.6) is 0 Å². The zero-order valence-electron chi connectivity index (χ0n) is 18.2. The fourth-order valence-electron chi connectivity index (χ4n) is 3.72. The molecule has 4 aromatic rings. The summed E-state index contributed by atoms with van der Waals surface area (Å²) in [6, 6.07) is 19.3. The number of para-hydroxylation sites is 1. The molecule has 2 aromatic carbocycles. The summed E-state index contributed by atoms with van der Waals surface area (Å²) < 4.78 is 33.5. The molecule has 0 N–H and O–H groups in total. The molecule has 1 aliphatic heterocycles. The first kappa shape index (κ1) is 22.6. The Morgan fingerprint density at radius 1 is 1.00 bits per heavy atom. The number of aromatic nitrogens is 2. The first-order chi connectivity index (χ1) is 16.5. The summed E-state index contributed by atoms with van der Waals surface area (Å²) in [7, 11) is -3.63. The summed E-state index contributed by atoms with van der Waals surface area (Å²) in [5.74, 6) is -0.278. The summed E-state index contributed by atoms with van der Waals surface area (Å²) in [4.78, 5) is 24.3. The van der Waals surface area contributed by atoms with Gasteiger partial charge in [-0.05, 0) is 48.5 Å². The monoisotopic (exact) mass is 494 g/mol. The Labute approximate surface area is 201 Å². The molecular formula is C24H22N4O4S2. The SMILES string of the molecule is O=C(c1ccc(S(=O)(=O)N2CCOCC2)cc1)N(Cc1ccccn1)c1nc2ccccc2s1. The Hall–Kier alpha value is -3.18. The second-order valence-electron chi connectivity index (χ2n) is 7.72. The lowest BCUT2D eigenvalue weighted by Crippen LogP contribution is -2.40. The highest BCUT2D eigenvalue weighted by molar-refractivity contribution is 7.89. The molecule has 3 heterocycles. The van der Waals surface area contributed by atoms with E-state index in [2.05, 4.69) is 9.97 Å². The van der Waals surface area contributed by atoms with E-state index in [9.17, 15) is 13.2 Å². The highest BCUT2D eigenvalue weighted by atomic mass is 32.2. The van der Waals surface area contributed by atoms with E-state index in [4.69, 9.17) is 4.74 Å². The van der Waals surface area contributed by atoms with Crippen LogP contribution in [0.4, 0.5) is 5.13 Å². The molecule has 0 atom stereocenters. The van der Waals surface area contributed by atoms with Crippen LogP contribution in [0.3, 0.4) is 0 Å². The number of sulfonamides is 1. The fourth-order valence-corrected chi connectivity index (χ4v) is 6.09. The van der Waals surface area contributed by atoms with E-state index in [0.717, 1.165) is 15.9 Å². The molecule has 0 unspecified atom stereocenters. The van der Waals surface area contributed by atoms with Crippen molar-refractivity contribution in [3.05, 3.63) is 84.2 Å². The zero-order chi connectivity index (χ0) is 23.5. The topological polar surface area (TPSA) is 92.7 Å². The molecule has 0 radical (unpaired) electrons. The van der Waals surface area contributed by atoms with Gasteiger partial charge in [-0.2, -0.15) is 4.31 Å². The van der Waals surface area contributed by atoms with Crippen molar-refractivity contribution in [2.45, 2.75) is 11.4 Å². The first-order valence-corrected chi connectivity index (χ1v) is 13.0. The van der Waals surface area contributed by atoms with Crippen LogP contribution in [0.25, 0.3) is 10.2 Å². The number of carbonyl (C=O) groups excluding carboxylic acids is 1. The van der Waals surface area contributed by atoms with Gasteiger partial charge in [0.15, 0.2) is 5.13 Å². The number of hydrogen-bond donors (Lipinski definition) is 0. The summed E-state index contributed by atoms with van der Waals surface area (Å²) in [5, 5.41) is 0.557. The second-order valence-corrected chi connectivity index (χ2v) is 10.7. The van der Waals surface area contributed by atoms with Crippen LogP contribution in [0.2, 0.25) is 0 Å². The van der Waals surface area contributed by atoms with E-state index in [1.54, 1.807) is 23.2 Å². The lowest BCUT2D eigenvalue weighted by molar-refractivity contribution is 0.0730. The molecule has 0 spiro atoms. The number of amides is 1. The van der Waals surface area contributed by atoms with Crippen molar-refractivity contribution in [2.24, 2.45) is 0 Å². The minimum Gasteiger partial charge on any atom is -0.379 e. The largest absolute Gasteiger partial charge is 0.379 e. The molecular weight excluding hydrogens is 472 g/mol. The maximum absolute atomic E-state index is 13.6. The van der Waals surface area contributed by atoms with Gasteiger partial charge in [0.05, 0.1) is 40.6 Å². The maximum Gasteiger partial charge on any atom is 0.260 e. The molecule has 0 bridgehead atoms. The van der Waals surface area contributed by atoms with Gasteiger partial charge in [0.1, 0.15) is 0 Å². The van der Waals surface area contributed by atoms with Gasteiger partial charge >= 0.3 is 0 Å². The summed E-state index contributed by atoms with van der Waals surface area (Å²) >= 11 is 1.43. The number of rotatable bonds is 6. The molecule has 8 nitrogen and oxygen atoms in total. The number of hydrogen-bond acceptors (Lipinski definition) is 7. The highest BCUT2D eigenvalue weighted by Crippen LogP contribution is 2.30. The first-order valence-electron chi connectivity index (χ1n) is 10.8. The van der Waals surface area contributed by atoms with E-state index >= 15 is 0 Å². The van der Waals surface area contributed by atoms with E-state index in [1.807, 2.05) is 42.5 Å². The molecule has 0 aliphatic carbocycles. The number of thiazole rings is 1. The number of fused-ring (bicyclic) bond motifs is 1. The Kier molecular flexibility index (Phi) is 6.38. The zero-order valence-corrected chi connectivity index (χ0v) is 19.8. The molecule has 10 heteroatoms. The third kappa shape index (κ3) is 4.58. The molecule has 34 heavy (non-hydrogen) atoms. The second kappa shape index (κ2) is 9.59. The third-order valence-corrected chi connectivity index (χ3v) is 8.49. The molecule has 2 aromatic heterocycles. The molecule has 1 aliphatic rings. The van der Waals surface area contributed by atoms with Crippen molar-refractivity contribution in [2.75, 3.05) is 31.2 Å². The number of morpholine rings is 1. The quantitative estimate of drug-likeness (QED) is 0.407. The third-order valence-electron chi connectivity index (χ3n) is 5.51. The minimum absolute atomic E-state index is 0.155. The molecule has 0 saturated carbocycles. The van der Waals surface area contributed by atoms with Gasteiger partial charge in [-0.1, -0.05) is 29.5 Å². The van der Waals surface area contributed by atoms with Gasteiger partial charge in [-0.15, -0.1) is 0 Å². The van der Waals surface area contributed by atoms with Crippen molar-refractivity contribution < 1.29 is 17.9 Å². The van der Waals surface area contributed by atoms with Crippen LogP contribution in [0.15, 0.2) is 77.8 Å². The lowest BCUT2D eigenvalue weighted by Gasteiger charge is -2.26. The Balaban J connectivity index is 1.46. The van der Waals surface area contributed by atoms with Gasteiger partial charge in [-0.25, -0.2) is 13.4 Å². The number of nitrogens with zero attached hydrogens (tertiary/aromatic N) is 4. The van der Waals surface area contributed by atoms with Gasteiger partial charge in [0.25, 0.3) is 5.91 Å². The Morgan fingerprint density at radius 2 is 1.74 bits per heavy atom. The van der Waals surface area contributed by atoms with E-state index in [-0.39, 0.29) is 17.3 Å². The Morgan fingerprint density at radius 3 is 2.44 bits per heavy atom. The Bertz CT molecular complexity index is 1370. The molecule has 1 amide bonds. The standard InChI is InChI=1S/C24H22N4O4S2/c29-23(18-8-10-20(11-9-18)34(30,31)27-13-15-32-16-14-27)28(17-19-5-3-4-12-25-19)24-26-21-6-1-2-7-22(21)33-24/h1-12H,13-17H2. The highest BCUT2D eigenvalue weighted by Gasteiger charge is 2.27. The number of benzene rings is 2. The van der Waals surface area contributed by atoms with Gasteiger partial charge in [-0.3, -0.25) is 14.7 Å². The van der Waals surface area contributed by atoms with Crippen LogP contribution < -0.4 is 4.90 Å². The van der Waals surface area contributed by atoms with Crippen LogP contribution in [0, 0.1) is 0 Å². The molecule has 5 rings (SSSR count). The van der Waals surface area contributed by atoms with Crippen LogP contribution >= 0.6 is 11.3 Å². The average molecular weight is 495 g/mol.